The monoisotopic (exact) mass is 329 g/mol. The first-order valence-electron chi connectivity index (χ1n) is 8.29. The topological polar surface area (TPSA) is 35.6 Å². The van der Waals surface area contributed by atoms with Crippen LogP contribution in [0.4, 0.5) is 17.1 Å². The Labute approximate surface area is 147 Å². The molecule has 0 unspecified atom stereocenters. The van der Waals surface area contributed by atoms with Crippen molar-refractivity contribution in [2.75, 3.05) is 17.0 Å². The van der Waals surface area contributed by atoms with Gasteiger partial charge in [-0.15, -0.1) is 0 Å². The third kappa shape index (κ3) is 2.94. The Morgan fingerprint density at radius 1 is 0.840 bits per heavy atom. The molecule has 3 aromatic carbocycles. The Hall–Kier alpha value is -3.27. The molecule has 124 valence electrons. The maximum absolute atomic E-state index is 12.9. The summed E-state index contributed by atoms with van der Waals surface area (Å²) >= 11 is 0. The SMILES string of the molecule is Cc1ccc(N2CN(Nc3ccccc3)C(=O)c3ccccc32)cc1. The Kier molecular flexibility index (Phi) is 3.86. The number of para-hydroxylation sites is 2. The lowest BCUT2D eigenvalue weighted by molar-refractivity contribution is 0.0785. The highest BCUT2D eigenvalue weighted by molar-refractivity contribution is 6.03. The number of aryl methyl sites for hydroxylation is 1. The minimum atomic E-state index is -0.0252. The molecule has 1 N–H and O–H groups in total. The van der Waals surface area contributed by atoms with Crippen molar-refractivity contribution >= 4 is 23.0 Å². The number of fused-ring (bicyclic) bond motifs is 1. The van der Waals surface area contributed by atoms with Crippen LogP contribution in [0.2, 0.25) is 0 Å². The highest BCUT2D eigenvalue weighted by atomic mass is 16.2. The van der Waals surface area contributed by atoms with Gasteiger partial charge in [-0.3, -0.25) is 10.2 Å². The number of benzene rings is 3. The van der Waals surface area contributed by atoms with Crippen molar-refractivity contribution in [1.29, 1.82) is 0 Å². The number of nitrogens with zero attached hydrogens (tertiary/aromatic N) is 2. The number of hydrogen-bond donors (Lipinski definition) is 1. The van der Waals surface area contributed by atoms with E-state index in [0.29, 0.717) is 12.2 Å². The van der Waals surface area contributed by atoms with Gasteiger partial charge in [0, 0.05) is 5.69 Å². The summed E-state index contributed by atoms with van der Waals surface area (Å²) in [7, 11) is 0. The van der Waals surface area contributed by atoms with Crippen LogP contribution in [0.15, 0.2) is 78.9 Å². The van der Waals surface area contributed by atoms with E-state index in [1.807, 2.05) is 54.6 Å². The number of rotatable bonds is 3. The molecule has 1 heterocycles. The van der Waals surface area contributed by atoms with E-state index < -0.39 is 0 Å². The van der Waals surface area contributed by atoms with Gasteiger partial charge < -0.3 is 4.90 Å². The summed E-state index contributed by atoms with van der Waals surface area (Å²) in [5.74, 6) is -0.0252. The van der Waals surface area contributed by atoms with E-state index in [1.165, 1.54) is 5.56 Å². The molecule has 25 heavy (non-hydrogen) atoms. The van der Waals surface area contributed by atoms with Crippen LogP contribution in [-0.2, 0) is 0 Å². The molecule has 4 heteroatoms. The highest BCUT2D eigenvalue weighted by Gasteiger charge is 2.29. The van der Waals surface area contributed by atoms with Crippen LogP contribution in [0.1, 0.15) is 15.9 Å². The van der Waals surface area contributed by atoms with E-state index in [2.05, 4.69) is 41.5 Å². The Morgan fingerprint density at radius 3 is 2.28 bits per heavy atom. The number of carbonyl (C=O) groups excluding carboxylic acids is 1. The summed E-state index contributed by atoms with van der Waals surface area (Å²) < 4.78 is 0. The summed E-state index contributed by atoms with van der Waals surface area (Å²) in [6, 6.07) is 25.8. The van der Waals surface area contributed by atoms with Crippen molar-refractivity contribution in [3.8, 4) is 0 Å². The maximum Gasteiger partial charge on any atom is 0.276 e. The summed E-state index contributed by atoms with van der Waals surface area (Å²) in [5.41, 5.74) is 8.01. The second-order valence-corrected chi connectivity index (χ2v) is 6.13. The standard InChI is InChI=1S/C21H19N3O/c1-16-11-13-18(14-12-16)23-15-24(22-17-7-3-2-4-8-17)21(25)19-9-5-6-10-20(19)23/h2-14,22H,15H2,1H3. The number of amides is 1. The molecule has 0 spiro atoms. The van der Waals surface area contributed by atoms with E-state index in [0.717, 1.165) is 17.1 Å². The smallest absolute Gasteiger partial charge is 0.276 e. The molecule has 0 atom stereocenters. The zero-order valence-electron chi connectivity index (χ0n) is 14.0. The summed E-state index contributed by atoms with van der Waals surface area (Å²) in [5, 5.41) is 1.65. The van der Waals surface area contributed by atoms with Crippen molar-refractivity contribution < 1.29 is 4.79 Å². The minimum absolute atomic E-state index is 0.0252. The molecule has 0 saturated carbocycles. The molecule has 1 aliphatic rings. The van der Waals surface area contributed by atoms with Crippen molar-refractivity contribution in [1.82, 2.24) is 5.01 Å². The molecular formula is C21H19N3O. The van der Waals surface area contributed by atoms with Gasteiger partial charge in [0.05, 0.1) is 16.9 Å². The van der Waals surface area contributed by atoms with E-state index >= 15 is 0 Å². The fourth-order valence-electron chi connectivity index (χ4n) is 3.02. The molecule has 0 radical (unpaired) electrons. The normalized spacial score (nSPS) is 13.6. The number of carbonyl (C=O) groups is 1. The Morgan fingerprint density at radius 2 is 1.52 bits per heavy atom. The van der Waals surface area contributed by atoms with Crippen molar-refractivity contribution in [2.45, 2.75) is 6.92 Å². The summed E-state index contributed by atoms with van der Waals surface area (Å²) in [6.07, 6.45) is 0. The van der Waals surface area contributed by atoms with E-state index in [4.69, 9.17) is 0 Å². The first kappa shape index (κ1) is 15.3. The second kappa shape index (κ2) is 6.32. The molecular weight excluding hydrogens is 310 g/mol. The van der Waals surface area contributed by atoms with E-state index in [9.17, 15) is 4.79 Å². The molecule has 0 saturated heterocycles. The Balaban J connectivity index is 1.72. The molecule has 1 aliphatic heterocycles. The maximum atomic E-state index is 12.9. The molecule has 0 aliphatic carbocycles. The third-order valence-electron chi connectivity index (χ3n) is 4.34. The van der Waals surface area contributed by atoms with E-state index in [1.54, 1.807) is 5.01 Å². The van der Waals surface area contributed by atoms with Crippen LogP contribution < -0.4 is 10.3 Å². The van der Waals surface area contributed by atoms with Crippen molar-refractivity contribution in [3.63, 3.8) is 0 Å². The average Bonchev–Trinajstić information content (AvgIpc) is 2.66. The lowest BCUT2D eigenvalue weighted by Gasteiger charge is -2.38. The summed E-state index contributed by atoms with van der Waals surface area (Å²) in [6.45, 7) is 2.51. The number of nitrogens with one attached hydrogen (secondary N) is 1. The van der Waals surface area contributed by atoms with Crippen LogP contribution in [0.5, 0.6) is 0 Å². The van der Waals surface area contributed by atoms with Gasteiger partial charge in [-0.2, -0.15) is 0 Å². The molecule has 4 rings (SSSR count). The van der Waals surface area contributed by atoms with Gasteiger partial charge in [0.25, 0.3) is 5.91 Å². The summed E-state index contributed by atoms with van der Waals surface area (Å²) in [4.78, 5) is 15.0. The first-order chi connectivity index (χ1) is 12.2. The molecule has 4 nitrogen and oxygen atoms in total. The molecule has 0 fully saturated rings. The lowest BCUT2D eigenvalue weighted by Crippen LogP contribution is -2.47. The average molecular weight is 329 g/mol. The number of hydrazine groups is 1. The highest BCUT2D eigenvalue weighted by Crippen LogP contribution is 2.33. The van der Waals surface area contributed by atoms with Gasteiger partial charge in [0.2, 0.25) is 0 Å². The zero-order chi connectivity index (χ0) is 17.2. The second-order valence-electron chi connectivity index (χ2n) is 6.13. The first-order valence-corrected chi connectivity index (χ1v) is 8.29. The fraction of sp³-hybridized carbons (Fsp3) is 0.0952. The molecule has 1 amide bonds. The van der Waals surface area contributed by atoms with Crippen molar-refractivity contribution in [2.24, 2.45) is 0 Å². The number of anilines is 3. The number of hydrogen-bond acceptors (Lipinski definition) is 3. The predicted molar refractivity (Wildman–Crippen MR) is 101 cm³/mol. The largest absolute Gasteiger partial charge is 0.321 e. The zero-order valence-corrected chi connectivity index (χ0v) is 14.0. The lowest BCUT2D eigenvalue weighted by atomic mass is 10.1. The van der Waals surface area contributed by atoms with Gasteiger partial charge in [0.1, 0.15) is 6.67 Å². The molecule has 0 bridgehead atoms. The quantitative estimate of drug-likeness (QED) is 0.764. The third-order valence-corrected chi connectivity index (χ3v) is 4.34. The van der Waals surface area contributed by atoms with Gasteiger partial charge in [-0.25, -0.2) is 5.01 Å². The minimum Gasteiger partial charge on any atom is -0.321 e. The van der Waals surface area contributed by atoms with Crippen molar-refractivity contribution in [3.05, 3.63) is 90.0 Å². The van der Waals surface area contributed by atoms with Crippen LogP contribution >= 0.6 is 0 Å². The molecule has 3 aromatic rings. The van der Waals surface area contributed by atoms with E-state index in [-0.39, 0.29) is 5.91 Å². The van der Waals surface area contributed by atoms with Crippen LogP contribution in [0.3, 0.4) is 0 Å². The van der Waals surface area contributed by atoms with Gasteiger partial charge in [0.15, 0.2) is 0 Å². The molecule has 0 aromatic heterocycles. The fourth-order valence-corrected chi connectivity index (χ4v) is 3.02. The predicted octanol–water partition coefficient (Wildman–Crippen LogP) is 4.57. The van der Waals surface area contributed by atoms with Crippen LogP contribution in [0.25, 0.3) is 0 Å². The van der Waals surface area contributed by atoms with Crippen LogP contribution in [0, 0.1) is 6.92 Å². The van der Waals surface area contributed by atoms with Gasteiger partial charge >= 0.3 is 0 Å². The van der Waals surface area contributed by atoms with Gasteiger partial charge in [-0.05, 0) is 43.3 Å². The van der Waals surface area contributed by atoms with Gasteiger partial charge in [-0.1, -0.05) is 48.0 Å². The van der Waals surface area contributed by atoms with Crippen LogP contribution in [-0.4, -0.2) is 17.6 Å². The Bertz CT molecular complexity index is 891.